The minimum atomic E-state index is -0.737. The molecule has 1 saturated heterocycles. The molecule has 31 heavy (non-hydrogen) atoms. The minimum absolute atomic E-state index is 0.0534. The van der Waals surface area contributed by atoms with Crippen molar-refractivity contribution >= 4 is 17.4 Å². The van der Waals surface area contributed by atoms with E-state index in [9.17, 15) is 14.7 Å². The maximum Gasteiger partial charge on any atom is 0.295 e. The quantitative estimate of drug-likeness (QED) is 0.414. The Morgan fingerprint density at radius 3 is 2.29 bits per heavy atom. The number of carbonyl (C=O) groups is 2. The fraction of sp³-hybridized carbons (Fsp3) is 0.435. The highest BCUT2D eigenvalue weighted by atomic mass is 16.5. The predicted octanol–water partition coefficient (Wildman–Crippen LogP) is 3.28. The van der Waals surface area contributed by atoms with Gasteiger partial charge in [-0.2, -0.15) is 5.10 Å². The predicted molar refractivity (Wildman–Crippen MR) is 116 cm³/mol. The van der Waals surface area contributed by atoms with Gasteiger partial charge < -0.3 is 19.5 Å². The number of hydrogen-bond acceptors (Lipinski definition) is 6. The third-order valence-corrected chi connectivity index (χ3v) is 5.51. The number of aryl methyl sites for hydroxylation is 2. The first kappa shape index (κ1) is 22.4. The molecule has 0 radical (unpaired) electrons. The van der Waals surface area contributed by atoms with Crippen LogP contribution in [0.2, 0.25) is 0 Å². The van der Waals surface area contributed by atoms with Gasteiger partial charge in [0.15, 0.2) is 11.5 Å². The standard InChI is InChI=1S/C23H29N3O5/c1-7-26-20(15-10-11-16(30-8-2)17(12-15)31-9-3)19(22(28)23(26)29)21(27)18-13(4)24-25(6)14(18)5/h10-12,20,27H,7-9H2,1-6H3/b21-19+. The van der Waals surface area contributed by atoms with Crippen LogP contribution in [0.4, 0.5) is 0 Å². The number of ketones is 1. The van der Waals surface area contributed by atoms with Crippen molar-refractivity contribution in [2.75, 3.05) is 19.8 Å². The summed E-state index contributed by atoms with van der Waals surface area (Å²) in [5.41, 5.74) is 2.47. The molecule has 1 atom stereocenters. The number of hydrogen-bond donors (Lipinski definition) is 1. The lowest BCUT2D eigenvalue weighted by molar-refractivity contribution is -0.139. The van der Waals surface area contributed by atoms with Crippen LogP contribution >= 0.6 is 0 Å². The molecule has 2 heterocycles. The van der Waals surface area contributed by atoms with Crippen molar-refractivity contribution in [2.24, 2.45) is 7.05 Å². The Hall–Kier alpha value is -3.29. The van der Waals surface area contributed by atoms with Crippen molar-refractivity contribution in [3.05, 3.63) is 46.3 Å². The fourth-order valence-corrected chi connectivity index (χ4v) is 4.04. The number of amides is 1. The highest BCUT2D eigenvalue weighted by Crippen LogP contribution is 2.42. The third-order valence-electron chi connectivity index (χ3n) is 5.51. The van der Waals surface area contributed by atoms with Crippen LogP contribution < -0.4 is 9.47 Å². The normalized spacial score (nSPS) is 18.0. The number of aliphatic hydroxyl groups excluding tert-OH is 1. The number of ether oxygens (including phenoxy) is 2. The van der Waals surface area contributed by atoms with E-state index in [4.69, 9.17) is 9.47 Å². The van der Waals surface area contributed by atoms with Gasteiger partial charge in [-0.15, -0.1) is 0 Å². The zero-order valence-corrected chi connectivity index (χ0v) is 18.9. The maximum absolute atomic E-state index is 13.0. The lowest BCUT2D eigenvalue weighted by Crippen LogP contribution is -2.29. The Balaban J connectivity index is 2.23. The highest BCUT2D eigenvalue weighted by Gasteiger charge is 2.46. The van der Waals surface area contributed by atoms with Gasteiger partial charge in [0.05, 0.1) is 36.1 Å². The van der Waals surface area contributed by atoms with Crippen molar-refractivity contribution in [1.29, 1.82) is 0 Å². The topological polar surface area (TPSA) is 93.9 Å². The number of nitrogens with zero attached hydrogens (tertiary/aromatic N) is 3. The summed E-state index contributed by atoms with van der Waals surface area (Å²) in [5.74, 6) is -0.453. The summed E-state index contributed by atoms with van der Waals surface area (Å²) in [7, 11) is 1.77. The molecule has 1 aliphatic rings. The monoisotopic (exact) mass is 427 g/mol. The first-order valence-corrected chi connectivity index (χ1v) is 10.4. The van der Waals surface area contributed by atoms with E-state index in [2.05, 4.69) is 5.10 Å². The first-order chi connectivity index (χ1) is 14.8. The van der Waals surface area contributed by atoms with Crippen molar-refractivity contribution in [1.82, 2.24) is 14.7 Å². The smallest absolute Gasteiger partial charge is 0.295 e. The van der Waals surface area contributed by atoms with Crippen LogP contribution in [0.3, 0.4) is 0 Å². The van der Waals surface area contributed by atoms with Crippen LogP contribution in [0.15, 0.2) is 23.8 Å². The van der Waals surface area contributed by atoms with Gasteiger partial charge in [-0.1, -0.05) is 6.07 Å². The summed E-state index contributed by atoms with van der Waals surface area (Å²) >= 11 is 0. The maximum atomic E-state index is 13.0. The lowest BCUT2D eigenvalue weighted by atomic mass is 9.94. The number of likely N-dealkylation sites (tertiary alicyclic amines) is 1. The van der Waals surface area contributed by atoms with Crippen molar-refractivity contribution < 1.29 is 24.2 Å². The van der Waals surface area contributed by atoms with Crippen LogP contribution in [0.1, 0.15) is 49.3 Å². The number of benzene rings is 1. The summed E-state index contributed by atoms with van der Waals surface area (Å²) in [5, 5.41) is 15.5. The molecule has 0 spiro atoms. The molecule has 8 nitrogen and oxygen atoms in total. The van der Waals surface area contributed by atoms with E-state index in [-0.39, 0.29) is 11.3 Å². The van der Waals surface area contributed by atoms with Gasteiger partial charge in [0.25, 0.3) is 11.7 Å². The SMILES string of the molecule is CCOc1ccc(C2/C(=C(\O)c3c(C)nn(C)c3C)C(=O)C(=O)N2CC)cc1OCC. The second-order valence-electron chi connectivity index (χ2n) is 7.33. The van der Waals surface area contributed by atoms with Crippen molar-refractivity contribution in [3.8, 4) is 11.5 Å². The highest BCUT2D eigenvalue weighted by molar-refractivity contribution is 6.46. The summed E-state index contributed by atoms with van der Waals surface area (Å²) in [4.78, 5) is 27.2. The minimum Gasteiger partial charge on any atom is -0.507 e. The number of aliphatic hydroxyl groups is 1. The molecule has 0 bridgehead atoms. The molecule has 8 heteroatoms. The van der Waals surface area contributed by atoms with Gasteiger partial charge >= 0.3 is 0 Å². The zero-order chi connectivity index (χ0) is 22.9. The molecule has 1 N–H and O–H groups in total. The van der Waals surface area contributed by atoms with E-state index in [0.29, 0.717) is 53.8 Å². The average Bonchev–Trinajstić information content (AvgIpc) is 3.14. The van der Waals surface area contributed by atoms with Crippen LogP contribution in [0, 0.1) is 13.8 Å². The number of carbonyl (C=O) groups excluding carboxylic acids is 2. The molecule has 1 aliphatic heterocycles. The Bertz CT molecular complexity index is 1050. The molecule has 2 aromatic rings. The van der Waals surface area contributed by atoms with Crippen molar-refractivity contribution in [3.63, 3.8) is 0 Å². The van der Waals surface area contributed by atoms with Gasteiger partial charge in [0, 0.05) is 19.3 Å². The molecular formula is C23H29N3O5. The summed E-state index contributed by atoms with van der Waals surface area (Å²) in [6.07, 6.45) is 0. The van der Waals surface area contributed by atoms with E-state index in [1.54, 1.807) is 43.8 Å². The van der Waals surface area contributed by atoms with E-state index in [1.165, 1.54) is 4.90 Å². The fourth-order valence-electron chi connectivity index (χ4n) is 4.04. The third kappa shape index (κ3) is 3.78. The Morgan fingerprint density at radius 1 is 1.10 bits per heavy atom. The molecule has 1 amide bonds. The molecule has 1 aromatic heterocycles. The molecule has 0 saturated carbocycles. The largest absolute Gasteiger partial charge is 0.507 e. The number of Topliss-reactive ketones (excluding diaryl/α,β-unsaturated/α-hetero) is 1. The summed E-state index contributed by atoms with van der Waals surface area (Å²) < 4.78 is 13.0. The van der Waals surface area contributed by atoms with E-state index >= 15 is 0 Å². The van der Waals surface area contributed by atoms with E-state index in [1.807, 2.05) is 20.8 Å². The van der Waals surface area contributed by atoms with Crippen LogP contribution in [-0.2, 0) is 16.6 Å². The van der Waals surface area contributed by atoms with E-state index in [0.717, 1.165) is 0 Å². The van der Waals surface area contributed by atoms with Gasteiger partial charge in [-0.05, 0) is 52.3 Å². The second-order valence-corrected chi connectivity index (χ2v) is 7.33. The van der Waals surface area contributed by atoms with Crippen LogP contribution in [0.25, 0.3) is 5.76 Å². The number of rotatable bonds is 7. The molecule has 0 aliphatic carbocycles. The molecule has 1 unspecified atom stereocenters. The molecular weight excluding hydrogens is 398 g/mol. The summed E-state index contributed by atoms with van der Waals surface area (Å²) in [6.45, 7) is 10.4. The number of aromatic nitrogens is 2. The van der Waals surface area contributed by atoms with Gasteiger partial charge in [0.2, 0.25) is 0 Å². The van der Waals surface area contributed by atoms with E-state index < -0.39 is 17.7 Å². The summed E-state index contributed by atoms with van der Waals surface area (Å²) in [6, 6.07) is 4.59. The van der Waals surface area contributed by atoms with Crippen molar-refractivity contribution in [2.45, 2.75) is 40.7 Å². The molecule has 1 aromatic carbocycles. The Kier molecular flexibility index (Phi) is 6.38. The Labute approximate surface area is 182 Å². The van der Waals surface area contributed by atoms with Gasteiger partial charge in [-0.3, -0.25) is 14.3 Å². The Morgan fingerprint density at radius 2 is 1.74 bits per heavy atom. The lowest BCUT2D eigenvalue weighted by Gasteiger charge is -2.25. The molecule has 1 fully saturated rings. The average molecular weight is 428 g/mol. The van der Waals surface area contributed by atoms with Gasteiger partial charge in [-0.25, -0.2) is 0 Å². The van der Waals surface area contributed by atoms with Crippen LogP contribution in [-0.4, -0.2) is 51.2 Å². The number of likely N-dealkylation sites (N-methyl/N-ethyl adjacent to an activating group) is 1. The molecule has 166 valence electrons. The van der Waals surface area contributed by atoms with Gasteiger partial charge in [0.1, 0.15) is 5.76 Å². The second kappa shape index (κ2) is 8.83. The molecule has 3 rings (SSSR count). The van der Waals surface area contributed by atoms with Crippen LogP contribution in [0.5, 0.6) is 11.5 Å². The first-order valence-electron chi connectivity index (χ1n) is 10.4. The zero-order valence-electron chi connectivity index (χ0n) is 18.9.